The lowest BCUT2D eigenvalue weighted by molar-refractivity contribution is 1.11. The molecule has 0 atom stereocenters. The first-order valence-electron chi connectivity index (χ1n) is 8.21. The van der Waals surface area contributed by atoms with Crippen LogP contribution in [0.15, 0.2) is 85.2 Å². The quantitative estimate of drug-likeness (QED) is 0.521. The summed E-state index contributed by atoms with van der Waals surface area (Å²) >= 11 is 0. The Kier molecular flexibility index (Phi) is 4.05. The van der Waals surface area contributed by atoms with Gasteiger partial charge < -0.3 is 0 Å². The molecule has 0 bridgehead atoms. The second kappa shape index (κ2) is 6.65. The average molecular weight is 323 g/mol. The van der Waals surface area contributed by atoms with Crippen molar-refractivity contribution in [2.24, 2.45) is 0 Å². The zero-order valence-corrected chi connectivity index (χ0v) is 13.9. The standard InChI is InChI=1S/C22H17N3/c1-16-15-21(25-22(24-16)20-5-3-2-4-6-20)19-9-7-17(8-10-19)18-11-13-23-14-12-18/h2-15H,1H3. The normalized spacial score (nSPS) is 10.6. The summed E-state index contributed by atoms with van der Waals surface area (Å²) in [5, 5.41) is 0. The molecule has 4 rings (SSSR count). The topological polar surface area (TPSA) is 38.7 Å². The molecule has 0 aliphatic heterocycles. The van der Waals surface area contributed by atoms with Crippen molar-refractivity contribution in [2.75, 3.05) is 0 Å². The van der Waals surface area contributed by atoms with Crippen molar-refractivity contribution in [3.05, 3.63) is 90.9 Å². The van der Waals surface area contributed by atoms with Gasteiger partial charge in [-0.2, -0.15) is 0 Å². The Morgan fingerprint density at radius 3 is 1.96 bits per heavy atom. The molecule has 0 unspecified atom stereocenters. The van der Waals surface area contributed by atoms with Crippen LogP contribution < -0.4 is 0 Å². The van der Waals surface area contributed by atoms with Gasteiger partial charge in [0, 0.05) is 29.2 Å². The molecule has 0 amide bonds. The minimum absolute atomic E-state index is 0.758. The molecule has 2 aromatic heterocycles. The van der Waals surface area contributed by atoms with Crippen LogP contribution in [-0.4, -0.2) is 15.0 Å². The molecule has 2 aromatic carbocycles. The Bertz CT molecular complexity index is 979. The first kappa shape index (κ1) is 15.2. The van der Waals surface area contributed by atoms with Gasteiger partial charge in [-0.15, -0.1) is 0 Å². The molecule has 2 heterocycles. The minimum Gasteiger partial charge on any atom is -0.265 e. The number of pyridine rings is 1. The van der Waals surface area contributed by atoms with E-state index in [1.807, 2.05) is 67.8 Å². The number of aryl methyl sites for hydroxylation is 1. The van der Waals surface area contributed by atoms with Gasteiger partial charge in [0.2, 0.25) is 0 Å². The van der Waals surface area contributed by atoms with E-state index in [1.165, 1.54) is 5.56 Å². The molecule has 0 spiro atoms. The summed E-state index contributed by atoms with van der Waals surface area (Å²) in [6, 6.07) is 24.6. The fourth-order valence-electron chi connectivity index (χ4n) is 2.81. The number of aromatic nitrogens is 3. The Labute approximate surface area is 147 Å². The van der Waals surface area contributed by atoms with Crippen LogP contribution in [0.1, 0.15) is 5.69 Å². The number of hydrogen-bond acceptors (Lipinski definition) is 3. The highest BCUT2D eigenvalue weighted by Gasteiger charge is 2.07. The average Bonchev–Trinajstić information content (AvgIpc) is 2.69. The Morgan fingerprint density at radius 1 is 0.600 bits per heavy atom. The molecule has 0 aliphatic rings. The molecule has 120 valence electrons. The van der Waals surface area contributed by atoms with Gasteiger partial charge in [-0.25, -0.2) is 9.97 Å². The van der Waals surface area contributed by atoms with E-state index < -0.39 is 0 Å². The smallest absolute Gasteiger partial charge is 0.160 e. The summed E-state index contributed by atoms with van der Waals surface area (Å²) < 4.78 is 0. The first-order valence-corrected chi connectivity index (χ1v) is 8.21. The van der Waals surface area contributed by atoms with Gasteiger partial charge in [0.05, 0.1) is 5.69 Å². The molecule has 0 saturated carbocycles. The van der Waals surface area contributed by atoms with E-state index in [4.69, 9.17) is 4.98 Å². The van der Waals surface area contributed by atoms with Crippen LogP contribution in [0.3, 0.4) is 0 Å². The van der Waals surface area contributed by atoms with Crippen LogP contribution in [-0.2, 0) is 0 Å². The van der Waals surface area contributed by atoms with Crippen molar-refractivity contribution in [1.82, 2.24) is 15.0 Å². The van der Waals surface area contributed by atoms with Gasteiger partial charge in [-0.05, 0) is 36.2 Å². The lowest BCUT2D eigenvalue weighted by atomic mass is 10.0. The van der Waals surface area contributed by atoms with Crippen molar-refractivity contribution >= 4 is 0 Å². The summed E-state index contributed by atoms with van der Waals surface area (Å²) in [5.74, 6) is 0.758. The SMILES string of the molecule is Cc1cc(-c2ccc(-c3ccncc3)cc2)nc(-c2ccccc2)n1. The fraction of sp³-hybridized carbons (Fsp3) is 0.0455. The molecule has 3 heteroatoms. The number of benzene rings is 2. The van der Waals surface area contributed by atoms with Crippen molar-refractivity contribution < 1.29 is 0 Å². The Hall–Kier alpha value is -3.33. The second-order valence-corrected chi connectivity index (χ2v) is 5.90. The van der Waals surface area contributed by atoms with E-state index in [1.54, 1.807) is 0 Å². The van der Waals surface area contributed by atoms with E-state index >= 15 is 0 Å². The van der Waals surface area contributed by atoms with Gasteiger partial charge in [-0.3, -0.25) is 4.98 Å². The molecule has 0 N–H and O–H groups in total. The van der Waals surface area contributed by atoms with Crippen LogP contribution in [0, 0.1) is 6.92 Å². The maximum absolute atomic E-state index is 4.76. The van der Waals surface area contributed by atoms with Crippen LogP contribution >= 0.6 is 0 Å². The summed E-state index contributed by atoms with van der Waals surface area (Å²) in [4.78, 5) is 13.4. The van der Waals surface area contributed by atoms with Crippen LogP contribution in [0.25, 0.3) is 33.8 Å². The summed E-state index contributed by atoms with van der Waals surface area (Å²) in [5.41, 5.74) is 6.33. The molecule has 0 saturated heterocycles. The van der Waals surface area contributed by atoms with Crippen molar-refractivity contribution in [3.63, 3.8) is 0 Å². The van der Waals surface area contributed by atoms with E-state index in [0.29, 0.717) is 0 Å². The lowest BCUT2D eigenvalue weighted by Crippen LogP contribution is -1.95. The molecular weight excluding hydrogens is 306 g/mol. The van der Waals surface area contributed by atoms with Gasteiger partial charge in [0.1, 0.15) is 0 Å². The largest absolute Gasteiger partial charge is 0.265 e. The minimum atomic E-state index is 0.758. The first-order chi connectivity index (χ1) is 12.3. The van der Waals surface area contributed by atoms with Gasteiger partial charge in [0.15, 0.2) is 5.82 Å². The van der Waals surface area contributed by atoms with Gasteiger partial charge in [-0.1, -0.05) is 54.6 Å². The molecule has 3 nitrogen and oxygen atoms in total. The highest BCUT2D eigenvalue weighted by molar-refractivity contribution is 5.69. The maximum atomic E-state index is 4.76. The highest BCUT2D eigenvalue weighted by Crippen LogP contribution is 2.25. The second-order valence-electron chi connectivity index (χ2n) is 5.90. The molecule has 4 aromatic rings. The molecule has 25 heavy (non-hydrogen) atoms. The van der Waals surface area contributed by atoms with E-state index in [9.17, 15) is 0 Å². The maximum Gasteiger partial charge on any atom is 0.160 e. The third-order valence-electron chi connectivity index (χ3n) is 4.08. The summed E-state index contributed by atoms with van der Waals surface area (Å²) in [6.45, 7) is 2.00. The number of nitrogens with zero attached hydrogens (tertiary/aromatic N) is 3. The fourth-order valence-corrected chi connectivity index (χ4v) is 2.81. The van der Waals surface area contributed by atoms with E-state index in [2.05, 4.69) is 34.2 Å². The molecule has 0 fully saturated rings. The predicted molar refractivity (Wildman–Crippen MR) is 101 cm³/mol. The van der Waals surface area contributed by atoms with Crippen molar-refractivity contribution in [3.8, 4) is 33.8 Å². The van der Waals surface area contributed by atoms with E-state index in [0.717, 1.165) is 33.9 Å². The predicted octanol–water partition coefficient (Wildman–Crippen LogP) is 5.18. The lowest BCUT2D eigenvalue weighted by Gasteiger charge is -2.08. The number of rotatable bonds is 3. The Balaban J connectivity index is 1.71. The van der Waals surface area contributed by atoms with Crippen LogP contribution in [0.5, 0.6) is 0 Å². The molecular formula is C22H17N3. The zero-order valence-electron chi connectivity index (χ0n) is 13.9. The molecule has 0 aliphatic carbocycles. The van der Waals surface area contributed by atoms with Gasteiger partial charge >= 0.3 is 0 Å². The van der Waals surface area contributed by atoms with Crippen LogP contribution in [0.2, 0.25) is 0 Å². The zero-order chi connectivity index (χ0) is 17.1. The van der Waals surface area contributed by atoms with Crippen molar-refractivity contribution in [2.45, 2.75) is 6.92 Å². The summed E-state index contributed by atoms with van der Waals surface area (Å²) in [7, 11) is 0. The molecule has 0 radical (unpaired) electrons. The monoisotopic (exact) mass is 323 g/mol. The summed E-state index contributed by atoms with van der Waals surface area (Å²) in [6.07, 6.45) is 3.62. The third kappa shape index (κ3) is 3.31. The third-order valence-corrected chi connectivity index (χ3v) is 4.08. The van der Waals surface area contributed by atoms with Crippen LogP contribution in [0.4, 0.5) is 0 Å². The number of hydrogen-bond donors (Lipinski definition) is 0. The van der Waals surface area contributed by atoms with Crippen molar-refractivity contribution in [1.29, 1.82) is 0 Å². The van der Waals surface area contributed by atoms with Gasteiger partial charge in [0.25, 0.3) is 0 Å². The van der Waals surface area contributed by atoms with E-state index in [-0.39, 0.29) is 0 Å². The Morgan fingerprint density at radius 2 is 1.24 bits per heavy atom. The highest BCUT2D eigenvalue weighted by atomic mass is 14.9.